The maximum absolute atomic E-state index is 14.4. The van der Waals surface area contributed by atoms with Crippen molar-refractivity contribution in [3.8, 4) is 5.75 Å². The van der Waals surface area contributed by atoms with Gasteiger partial charge in [-0.05, 0) is 32.4 Å². The summed E-state index contributed by atoms with van der Waals surface area (Å²) in [7, 11) is 0. The van der Waals surface area contributed by atoms with Crippen LogP contribution in [0.5, 0.6) is 5.75 Å². The van der Waals surface area contributed by atoms with Crippen LogP contribution in [0, 0.1) is 12.7 Å². The van der Waals surface area contributed by atoms with Crippen molar-refractivity contribution in [3.63, 3.8) is 0 Å². The second-order valence-corrected chi connectivity index (χ2v) is 6.51. The van der Waals surface area contributed by atoms with Crippen LogP contribution in [0.25, 0.3) is 11.0 Å². The van der Waals surface area contributed by atoms with E-state index in [1.807, 2.05) is 0 Å². The normalized spacial score (nSPS) is 13.2. The molecule has 2 amide bonds. The van der Waals surface area contributed by atoms with Gasteiger partial charge in [-0.25, -0.2) is 9.37 Å². The van der Waals surface area contributed by atoms with E-state index in [4.69, 9.17) is 10.5 Å². The number of anilines is 1. The van der Waals surface area contributed by atoms with Crippen molar-refractivity contribution in [2.75, 3.05) is 11.9 Å². The van der Waals surface area contributed by atoms with E-state index in [1.54, 1.807) is 23.6 Å². The molecule has 3 N–H and O–H groups in total. The molecule has 0 bridgehead atoms. The highest BCUT2D eigenvalue weighted by atomic mass is 19.1. The Morgan fingerprint density at radius 1 is 1.39 bits per heavy atom. The molecular weight excluding hydrogens is 367 g/mol. The van der Waals surface area contributed by atoms with Crippen molar-refractivity contribution in [1.82, 2.24) is 19.3 Å². The molecule has 0 radical (unpaired) electrons. The maximum atomic E-state index is 14.4. The van der Waals surface area contributed by atoms with E-state index in [0.29, 0.717) is 42.9 Å². The Kier molecular flexibility index (Phi) is 4.25. The monoisotopic (exact) mass is 386 g/mol. The van der Waals surface area contributed by atoms with E-state index in [2.05, 4.69) is 15.4 Å². The average Bonchev–Trinajstić information content (AvgIpc) is 3.04. The molecule has 1 aliphatic heterocycles. The van der Waals surface area contributed by atoms with Gasteiger partial charge in [-0.1, -0.05) is 0 Å². The van der Waals surface area contributed by atoms with E-state index in [9.17, 15) is 14.0 Å². The summed E-state index contributed by atoms with van der Waals surface area (Å²) in [5.74, 6) is -1.19. The third-order valence-corrected chi connectivity index (χ3v) is 4.67. The molecule has 0 saturated heterocycles. The lowest BCUT2D eigenvalue weighted by Gasteiger charge is -2.09. The number of rotatable bonds is 4. The molecule has 2 aromatic heterocycles. The lowest BCUT2D eigenvalue weighted by molar-refractivity contribution is 0.0994. The molecule has 0 fully saturated rings. The van der Waals surface area contributed by atoms with E-state index in [1.165, 1.54) is 11.6 Å². The molecule has 10 heteroatoms. The fraction of sp³-hybridized carbons (Fsp3) is 0.333. The first kappa shape index (κ1) is 18.0. The van der Waals surface area contributed by atoms with Crippen LogP contribution < -0.4 is 15.8 Å². The van der Waals surface area contributed by atoms with Gasteiger partial charge in [-0.3, -0.25) is 19.6 Å². The predicted octanol–water partition coefficient (Wildman–Crippen LogP) is 1.83. The van der Waals surface area contributed by atoms with Crippen LogP contribution in [0.2, 0.25) is 0 Å². The number of nitrogens with two attached hydrogens (primary N) is 1. The predicted molar refractivity (Wildman–Crippen MR) is 98.9 cm³/mol. The zero-order chi connectivity index (χ0) is 20.0. The van der Waals surface area contributed by atoms with Crippen molar-refractivity contribution in [1.29, 1.82) is 0 Å². The second-order valence-electron chi connectivity index (χ2n) is 6.51. The Morgan fingerprint density at radius 3 is 2.89 bits per heavy atom. The summed E-state index contributed by atoms with van der Waals surface area (Å²) in [4.78, 5) is 28.8. The van der Waals surface area contributed by atoms with Gasteiger partial charge in [0, 0.05) is 18.7 Å². The number of carbonyl (C=O) groups excluding carboxylic acids is 2. The largest absolute Gasteiger partial charge is 0.491 e. The number of nitrogens with one attached hydrogen (secondary N) is 1. The summed E-state index contributed by atoms with van der Waals surface area (Å²) in [6.07, 6.45) is 0.676. The number of halogens is 1. The first-order valence-corrected chi connectivity index (χ1v) is 8.91. The summed E-state index contributed by atoms with van der Waals surface area (Å²) in [6, 6.07) is 3.11. The Labute approximate surface area is 159 Å². The Hall–Kier alpha value is -3.43. The number of carbonyl (C=O) groups is 2. The number of hydrogen-bond donors (Lipinski definition) is 2. The van der Waals surface area contributed by atoms with Crippen molar-refractivity contribution >= 4 is 28.8 Å². The quantitative estimate of drug-likeness (QED) is 0.709. The highest BCUT2D eigenvalue weighted by Crippen LogP contribution is 2.33. The molecule has 0 saturated carbocycles. The molecule has 146 valence electrons. The van der Waals surface area contributed by atoms with E-state index in [-0.39, 0.29) is 22.9 Å². The SMILES string of the molecule is CCn1nc(C)c(F)c1C(=O)Nc1nc2cc(C(N)=O)cc3c2n1CCCO3. The van der Waals surface area contributed by atoms with Crippen LogP contribution >= 0.6 is 0 Å². The number of aromatic nitrogens is 4. The molecule has 0 aliphatic carbocycles. The highest BCUT2D eigenvalue weighted by Gasteiger charge is 2.25. The van der Waals surface area contributed by atoms with Gasteiger partial charge in [0.15, 0.2) is 11.5 Å². The van der Waals surface area contributed by atoms with Crippen LogP contribution in [0.1, 0.15) is 39.9 Å². The average molecular weight is 386 g/mol. The van der Waals surface area contributed by atoms with Crippen LogP contribution in [-0.4, -0.2) is 37.8 Å². The molecule has 1 aromatic carbocycles. The van der Waals surface area contributed by atoms with Crippen molar-refractivity contribution < 1.29 is 18.7 Å². The molecular formula is C18H19FN6O3. The number of hydrogen-bond acceptors (Lipinski definition) is 5. The van der Waals surface area contributed by atoms with Gasteiger partial charge < -0.3 is 15.0 Å². The zero-order valence-electron chi connectivity index (χ0n) is 15.5. The van der Waals surface area contributed by atoms with Gasteiger partial charge >= 0.3 is 0 Å². The number of benzene rings is 1. The van der Waals surface area contributed by atoms with Crippen LogP contribution in [-0.2, 0) is 13.1 Å². The molecule has 4 rings (SSSR count). The Bertz CT molecular complexity index is 1120. The van der Waals surface area contributed by atoms with Gasteiger partial charge in [0.2, 0.25) is 11.9 Å². The molecule has 3 heterocycles. The van der Waals surface area contributed by atoms with Crippen LogP contribution in [0.4, 0.5) is 10.3 Å². The number of imidazole rings is 1. The smallest absolute Gasteiger partial charge is 0.279 e. The van der Waals surface area contributed by atoms with Gasteiger partial charge in [0.25, 0.3) is 5.91 Å². The van der Waals surface area contributed by atoms with Crippen molar-refractivity contribution in [3.05, 3.63) is 34.9 Å². The minimum absolute atomic E-state index is 0.150. The van der Waals surface area contributed by atoms with Crippen LogP contribution in [0.3, 0.4) is 0 Å². The maximum Gasteiger partial charge on any atom is 0.279 e. The molecule has 9 nitrogen and oxygen atoms in total. The zero-order valence-corrected chi connectivity index (χ0v) is 15.5. The molecule has 3 aromatic rings. The molecule has 0 spiro atoms. The summed E-state index contributed by atoms with van der Waals surface area (Å²) in [6.45, 7) is 4.62. The molecule has 1 aliphatic rings. The van der Waals surface area contributed by atoms with Gasteiger partial charge in [0.05, 0.1) is 17.8 Å². The molecule has 0 atom stereocenters. The first-order chi connectivity index (χ1) is 13.4. The fourth-order valence-electron chi connectivity index (χ4n) is 3.37. The summed E-state index contributed by atoms with van der Waals surface area (Å²) in [5, 5.41) is 6.70. The second kappa shape index (κ2) is 6.63. The number of aryl methyl sites for hydroxylation is 3. The Morgan fingerprint density at radius 2 is 2.18 bits per heavy atom. The number of ether oxygens (including phenoxy) is 1. The van der Waals surface area contributed by atoms with E-state index >= 15 is 0 Å². The third-order valence-electron chi connectivity index (χ3n) is 4.67. The lowest BCUT2D eigenvalue weighted by Crippen LogP contribution is -2.21. The highest BCUT2D eigenvalue weighted by molar-refractivity contribution is 6.04. The van der Waals surface area contributed by atoms with Gasteiger partial charge in [0.1, 0.15) is 11.3 Å². The Balaban J connectivity index is 1.80. The number of nitrogens with zero attached hydrogens (tertiary/aromatic N) is 4. The van der Waals surface area contributed by atoms with Gasteiger partial charge in [-0.15, -0.1) is 0 Å². The molecule has 28 heavy (non-hydrogen) atoms. The summed E-state index contributed by atoms with van der Waals surface area (Å²) < 4.78 is 23.2. The summed E-state index contributed by atoms with van der Waals surface area (Å²) >= 11 is 0. The van der Waals surface area contributed by atoms with E-state index in [0.717, 1.165) is 0 Å². The van der Waals surface area contributed by atoms with Crippen LogP contribution in [0.15, 0.2) is 12.1 Å². The number of amides is 2. The van der Waals surface area contributed by atoms with Gasteiger partial charge in [-0.2, -0.15) is 5.10 Å². The number of primary amides is 1. The van der Waals surface area contributed by atoms with E-state index < -0.39 is 17.6 Å². The van der Waals surface area contributed by atoms with Crippen molar-refractivity contribution in [2.24, 2.45) is 5.73 Å². The fourth-order valence-corrected chi connectivity index (χ4v) is 3.37. The topological polar surface area (TPSA) is 117 Å². The summed E-state index contributed by atoms with van der Waals surface area (Å²) in [5.41, 5.74) is 6.77. The third kappa shape index (κ3) is 2.77. The first-order valence-electron chi connectivity index (χ1n) is 8.91. The standard InChI is InChI=1S/C18H19FN6O3/c1-3-25-15(13(19)9(2)23-25)17(27)22-18-21-11-7-10(16(20)26)8-12-14(11)24(18)5-4-6-28-12/h7-8H,3-6H2,1-2H3,(H2,20,26)(H,21,22,27). The molecule has 0 unspecified atom stereocenters. The lowest BCUT2D eigenvalue weighted by atomic mass is 10.1. The minimum Gasteiger partial charge on any atom is -0.491 e. The van der Waals surface area contributed by atoms with Crippen molar-refractivity contribution in [2.45, 2.75) is 33.4 Å². The minimum atomic E-state index is -0.661.